The second kappa shape index (κ2) is 4.03. The van der Waals surface area contributed by atoms with Crippen LogP contribution in [0.3, 0.4) is 0 Å². The summed E-state index contributed by atoms with van der Waals surface area (Å²) in [6, 6.07) is 1.80. The molecule has 2 rings (SSSR count). The van der Waals surface area contributed by atoms with Crippen molar-refractivity contribution in [2.24, 2.45) is 5.92 Å². The maximum absolute atomic E-state index is 12.2. The van der Waals surface area contributed by atoms with Crippen molar-refractivity contribution in [3.63, 3.8) is 0 Å². The van der Waals surface area contributed by atoms with Crippen molar-refractivity contribution in [2.45, 2.75) is 0 Å². The smallest absolute Gasteiger partial charge is 0.142 e. The molecule has 1 aliphatic heterocycles. The molecular formula is C9H9BrClFN2. The van der Waals surface area contributed by atoms with E-state index >= 15 is 0 Å². The maximum Gasteiger partial charge on any atom is 0.142 e. The van der Waals surface area contributed by atoms with Gasteiger partial charge in [-0.15, -0.1) is 0 Å². The summed E-state index contributed by atoms with van der Waals surface area (Å²) in [5.41, 5.74) is 0. The van der Waals surface area contributed by atoms with Crippen LogP contribution in [0.25, 0.3) is 0 Å². The number of nitrogens with zero attached hydrogens (tertiary/aromatic N) is 2. The molecule has 0 saturated carbocycles. The van der Waals surface area contributed by atoms with Gasteiger partial charge in [0.15, 0.2) is 0 Å². The van der Waals surface area contributed by atoms with E-state index in [2.05, 4.69) is 20.9 Å². The lowest BCUT2D eigenvalue weighted by Gasteiger charge is -2.39. The summed E-state index contributed by atoms with van der Waals surface area (Å²) in [4.78, 5) is 6.23. The molecule has 2 heterocycles. The average Bonchev–Trinajstić information content (AvgIpc) is 2.06. The first-order valence-corrected chi connectivity index (χ1v) is 5.49. The van der Waals surface area contributed by atoms with Crippen LogP contribution in [0.1, 0.15) is 0 Å². The van der Waals surface area contributed by atoms with Gasteiger partial charge in [0.25, 0.3) is 0 Å². The van der Waals surface area contributed by atoms with E-state index in [0.717, 1.165) is 23.4 Å². The molecular weight excluding hydrogens is 270 g/mol. The van der Waals surface area contributed by atoms with Crippen molar-refractivity contribution < 1.29 is 4.39 Å². The molecule has 0 atom stereocenters. The Bertz CT molecular complexity index is 342. The highest BCUT2D eigenvalue weighted by Crippen LogP contribution is 2.31. The summed E-state index contributed by atoms with van der Waals surface area (Å²) in [6.07, 6.45) is 1.60. The van der Waals surface area contributed by atoms with Crippen LogP contribution in [0.15, 0.2) is 16.7 Å². The number of anilines is 1. The van der Waals surface area contributed by atoms with Gasteiger partial charge in [0.1, 0.15) is 5.82 Å². The first-order valence-electron chi connectivity index (χ1n) is 4.32. The summed E-state index contributed by atoms with van der Waals surface area (Å²) >= 11 is 9.15. The van der Waals surface area contributed by atoms with Crippen LogP contribution >= 0.6 is 27.5 Å². The van der Waals surface area contributed by atoms with E-state index in [0.29, 0.717) is 5.02 Å². The van der Waals surface area contributed by atoms with Crippen LogP contribution in [0.5, 0.6) is 0 Å². The zero-order valence-corrected chi connectivity index (χ0v) is 9.72. The third-order valence-electron chi connectivity index (χ3n) is 2.26. The van der Waals surface area contributed by atoms with E-state index in [-0.39, 0.29) is 12.6 Å². The number of aromatic nitrogens is 1. The second-order valence-corrected chi connectivity index (χ2v) is 4.68. The van der Waals surface area contributed by atoms with Gasteiger partial charge in [0.2, 0.25) is 0 Å². The minimum Gasteiger partial charge on any atom is -0.355 e. The fourth-order valence-electron chi connectivity index (χ4n) is 1.48. The molecule has 0 aliphatic carbocycles. The van der Waals surface area contributed by atoms with Crippen molar-refractivity contribution >= 4 is 33.3 Å². The molecule has 2 nitrogen and oxygen atoms in total. The second-order valence-electron chi connectivity index (χ2n) is 3.38. The lowest BCUT2D eigenvalue weighted by Crippen LogP contribution is -2.48. The predicted octanol–water partition coefficient (Wildman–Crippen LogP) is 2.90. The van der Waals surface area contributed by atoms with Crippen LogP contribution in [-0.2, 0) is 0 Å². The molecule has 1 fully saturated rings. The molecule has 0 spiro atoms. The minimum atomic E-state index is -0.248. The third-order valence-corrected chi connectivity index (χ3v) is 3.05. The number of halogens is 3. The van der Waals surface area contributed by atoms with Crippen molar-refractivity contribution in [3.8, 4) is 0 Å². The standard InChI is InChI=1S/C9H9BrClFN2/c10-8-1-7(11)3-13-9(8)14-4-6(2-12)5-14/h1,3,6H,2,4-5H2. The number of hydrogen-bond acceptors (Lipinski definition) is 2. The van der Waals surface area contributed by atoms with Gasteiger partial charge in [-0.2, -0.15) is 0 Å². The number of hydrogen-bond donors (Lipinski definition) is 0. The van der Waals surface area contributed by atoms with E-state index in [1.165, 1.54) is 0 Å². The number of rotatable bonds is 2. The molecule has 1 aromatic heterocycles. The fraction of sp³-hybridized carbons (Fsp3) is 0.444. The highest BCUT2D eigenvalue weighted by molar-refractivity contribution is 9.10. The Labute approximate surface area is 95.2 Å². The summed E-state index contributed by atoms with van der Waals surface area (Å²) in [5, 5.41) is 0.600. The molecule has 0 amide bonds. The quantitative estimate of drug-likeness (QED) is 0.827. The molecule has 1 saturated heterocycles. The highest BCUT2D eigenvalue weighted by Gasteiger charge is 2.28. The van der Waals surface area contributed by atoms with Gasteiger partial charge in [-0.3, -0.25) is 4.39 Å². The largest absolute Gasteiger partial charge is 0.355 e. The molecule has 1 aromatic rings. The van der Waals surface area contributed by atoms with Crippen molar-refractivity contribution in [1.82, 2.24) is 4.98 Å². The van der Waals surface area contributed by atoms with Crippen molar-refractivity contribution in [2.75, 3.05) is 24.7 Å². The molecule has 14 heavy (non-hydrogen) atoms. The van der Waals surface area contributed by atoms with Gasteiger partial charge < -0.3 is 4.90 Å². The third kappa shape index (κ3) is 1.86. The first kappa shape index (κ1) is 10.2. The molecule has 1 aliphatic rings. The van der Waals surface area contributed by atoms with Gasteiger partial charge in [-0.1, -0.05) is 11.6 Å². The monoisotopic (exact) mass is 278 g/mol. The number of alkyl halides is 1. The Kier molecular flexibility index (Phi) is 2.93. The van der Waals surface area contributed by atoms with E-state index in [4.69, 9.17) is 11.6 Å². The predicted molar refractivity (Wildman–Crippen MR) is 58.6 cm³/mol. The number of pyridine rings is 1. The van der Waals surface area contributed by atoms with Crippen molar-refractivity contribution in [3.05, 3.63) is 21.8 Å². The van der Waals surface area contributed by atoms with Gasteiger partial charge in [-0.05, 0) is 22.0 Å². The Hall–Kier alpha value is -0.350. The highest BCUT2D eigenvalue weighted by atomic mass is 79.9. The van der Waals surface area contributed by atoms with E-state index < -0.39 is 0 Å². The molecule has 0 aromatic carbocycles. The topological polar surface area (TPSA) is 16.1 Å². The zero-order chi connectivity index (χ0) is 10.1. The fourth-order valence-corrected chi connectivity index (χ4v) is 2.37. The zero-order valence-electron chi connectivity index (χ0n) is 7.38. The van der Waals surface area contributed by atoms with Crippen LogP contribution in [-0.4, -0.2) is 24.7 Å². The summed E-state index contributed by atoms with van der Waals surface area (Å²) in [7, 11) is 0. The Morgan fingerprint density at radius 2 is 2.36 bits per heavy atom. The van der Waals surface area contributed by atoms with Crippen molar-refractivity contribution in [1.29, 1.82) is 0 Å². The summed E-state index contributed by atoms with van der Waals surface area (Å²) in [6.45, 7) is 1.23. The van der Waals surface area contributed by atoms with Crippen LogP contribution in [0.2, 0.25) is 5.02 Å². The lowest BCUT2D eigenvalue weighted by atomic mass is 10.0. The molecule has 0 radical (unpaired) electrons. The Morgan fingerprint density at radius 1 is 1.64 bits per heavy atom. The van der Waals surface area contributed by atoms with E-state index in [1.54, 1.807) is 12.3 Å². The van der Waals surface area contributed by atoms with E-state index in [9.17, 15) is 4.39 Å². The average molecular weight is 280 g/mol. The van der Waals surface area contributed by atoms with Crippen LogP contribution in [0, 0.1) is 5.92 Å². The van der Waals surface area contributed by atoms with Gasteiger partial charge in [0.05, 0.1) is 16.2 Å². The molecule has 0 bridgehead atoms. The summed E-state index contributed by atoms with van der Waals surface area (Å²) in [5.74, 6) is 1.01. The summed E-state index contributed by atoms with van der Waals surface area (Å²) < 4.78 is 13.1. The Morgan fingerprint density at radius 3 is 2.93 bits per heavy atom. The van der Waals surface area contributed by atoms with Gasteiger partial charge >= 0.3 is 0 Å². The van der Waals surface area contributed by atoms with Crippen LogP contribution < -0.4 is 4.90 Å². The Balaban J connectivity index is 2.11. The lowest BCUT2D eigenvalue weighted by molar-refractivity contribution is 0.304. The SMILES string of the molecule is FCC1CN(c2ncc(Cl)cc2Br)C1. The van der Waals surface area contributed by atoms with Crippen LogP contribution in [0.4, 0.5) is 10.2 Å². The van der Waals surface area contributed by atoms with Gasteiger partial charge in [0, 0.05) is 25.2 Å². The molecule has 5 heteroatoms. The molecule has 76 valence electrons. The van der Waals surface area contributed by atoms with Gasteiger partial charge in [-0.25, -0.2) is 4.98 Å². The molecule has 0 N–H and O–H groups in total. The first-order chi connectivity index (χ1) is 6.70. The molecule has 0 unspecified atom stereocenters. The maximum atomic E-state index is 12.2. The normalized spacial score (nSPS) is 16.9. The van der Waals surface area contributed by atoms with E-state index in [1.807, 2.05) is 4.90 Å². The minimum absolute atomic E-state index is 0.166.